The molecule has 0 aliphatic heterocycles. The van der Waals surface area contributed by atoms with Crippen LogP contribution >= 0.6 is 0 Å². The Kier molecular flexibility index (Phi) is 8.37. The van der Waals surface area contributed by atoms with Crippen molar-refractivity contribution in [2.75, 3.05) is 0 Å². The van der Waals surface area contributed by atoms with Gasteiger partial charge in [0.05, 0.1) is 0 Å². The monoisotopic (exact) mass is 238 g/mol. The molecule has 0 bridgehead atoms. The topological polar surface area (TPSA) is 74.6 Å². The Bertz CT molecular complexity index is 337. The van der Waals surface area contributed by atoms with E-state index in [9.17, 15) is 9.59 Å². The van der Waals surface area contributed by atoms with Crippen molar-refractivity contribution in [3.05, 3.63) is 36.0 Å². The first-order valence-electron chi connectivity index (χ1n) is 5.47. The number of allylic oxidation sites excluding steroid dienone is 4. The Morgan fingerprint density at radius 3 is 2.00 bits per heavy atom. The second kappa shape index (κ2) is 9.39. The van der Waals surface area contributed by atoms with E-state index in [1.54, 1.807) is 12.2 Å². The summed E-state index contributed by atoms with van der Waals surface area (Å²) in [4.78, 5) is 20.4. The number of carboxylic acid groups (broad SMARTS) is 2. The summed E-state index contributed by atoms with van der Waals surface area (Å²) in [6.07, 6.45) is 10.6. The average Bonchev–Trinajstić information content (AvgIpc) is 2.23. The Morgan fingerprint density at radius 1 is 0.941 bits per heavy atom. The quantitative estimate of drug-likeness (QED) is 0.387. The number of unbranched alkanes of at least 4 members (excludes halogenated alkanes) is 1. The van der Waals surface area contributed by atoms with Gasteiger partial charge < -0.3 is 10.2 Å². The first-order valence-corrected chi connectivity index (χ1v) is 5.47. The van der Waals surface area contributed by atoms with E-state index in [0.29, 0.717) is 12.8 Å². The van der Waals surface area contributed by atoms with Crippen molar-refractivity contribution in [2.45, 2.75) is 32.6 Å². The van der Waals surface area contributed by atoms with Crippen molar-refractivity contribution < 1.29 is 19.8 Å². The van der Waals surface area contributed by atoms with Crippen LogP contribution in [0.3, 0.4) is 0 Å². The SMILES string of the molecule is C/C(=C\CC/C=C/C(=O)O)CC/C=C/C(=O)O. The minimum atomic E-state index is -0.926. The first-order chi connectivity index (χ1) is 8.02. The van der Waals surface area contributed by atoms with Gasteiger partial charge in [0.1, 0.15) is 0 Å². The summed E-state index contributed by atoms with van der Waals surface area (Å²) in [5.41, 5.74) is 1.18. The molecular formula is C13H18O4. The fourth-order valence-electron chi connectivity index (χ4n) is 1.21. The molecule has 0 unspecified atom stereocenters. The van der Waals surface area contributed by atoms with Crippen molar-refractivity contribution in [2.24, 2.45) is 0 Å². The van der Waals surface area contributed by atoms with Gasteiger partial charge in [0.2, 0.25) is 0 Å². The molecule has 0 heterocycles. The third kappa shape index (κ3) is 12.1. The minimum absolute atomic E-state index is 0.703. The van der Waals surface area contributed by atoms with Crippen LogP contribution in [0.25, 0.3) is 0 Å². The molecule has 0 aliphatic rings. The van der Waals surface area contributed by atoms with Gasteiger partial charge in [-0.15, -0.1) is 0 Å². The van der Waals surface area contributed by atoms with Gasteiger partial charge in [-0.05, 0) is 32.6 Å². The summed E-state index contributed by atoms with van der Waals surface area (Å²) < 4.78 is 0. The zero-order valence-corrected chi connectivity index (χ0v) is 9.93. The molecule has 17 heavy (non-hydrogen) atoms. The average molecular weight is 238 g/mol. The summed E-state index contributed by atoms with van der Waals surface area (Å²) in [6.45, 7) is 1.98. The lowest BCUT2D eigenvalue weighted by molar-refractivity contribution is -0.132. The zero-order valence-electron chi connectivity index (χ0n) is 9.93. The molecule has 0 spiro atoms. The predicted octanol–water partition coefficient (Wildman–Crippen LogP) is 2.77. The fourth-order valence-corrected chi connectivity index (χ4v) is 1.21. The van der Waals surface area contributed by atoms with Gasteiger partial charge in [-0.25, -0.2) is 9.59 Å². The van der Waals surface area contributed by atoms with E-state index in [2.05, 4.69) is 0 Å². The van der Waals surface area contributed by atoms with Gasteiger partial charge in [-0.3, -0.25) is 0 Å². The van der Waals surface area contributed by atoms with Crippen molar-refractivity contribution in [1.29, 1.82) is 0 Å². The van der Waals surface area contributed by atoms with Gasteiger partial charge in [0.25, 0.3) is 0 Å². The van der Waals surface area contributed by atoms with E-state index >= 15 is 0 Å². The smallest absolute Gasteiger partial charge is 0.327 e. The Balaban J connectivity index is 3.72. The predicted molar refractivity (Wildman–Crippen MR) is 65.8 cm³/mol. The minimum Gasteiger partial charge on any atom is -0.478 e. The molecule has 0 saturated heterocycles. The normalized spacial score (nSPS) is 12.4. The van der Waals surface area contributed by atoms with Crippen LogP contribution in [0.15, 0.2) is 36.0 Å². The number of carboxylic acids is 2. The highest BCUT2D eigenvalue weighted by Crippen LogP contribution is 2.07. The molecule has 4 nitrogen and oxygen atoms in total. The maximum atomic E-state index is 10.2. The van der Waals surface area contributed by atoms with Crippen LogP contribution in [0.4, 0.5) is 0 Å². The molecule has 0 aromatic heterocycles. The fraction of sp³-hybridized carbons (Fsp3) is 0.385. The van der Waals surface area contributed by atoms with Gasteiger partial charge >= 0.3 is 11.9 Å². The standard InChI is InChI=1S/C13H18O4/c1-11(8-5-6-10-13(16)17)7-3-2-4-9-12(14)15/h4,6-7,9-10H,2-3,5,8H2,1H3,(H,14,15)(H,16,17)/b9-4+,10-6+,11-7+. The number of hydrogen-bond acceptors (Lipinski definition) is 2. The van der Waals surface area contributed by atoms with E-state index < -0.39 is 11.9 Å². The van der Waals surface area contributed by atoms with Crippen molar-refractivity contribution in [3.63, 3.8) is 0 Å². The molecular weight excluding hydrogens is 220 g/mol. The molecule has 0 aromatic rings. The van der Waals surface area contributed by atoms with Gasteiger partial charge in [-0.1, -0.05) is 23.8 Å². The molecule has 0 radical (unpaired) electrons. The second-order valence-electron chi connectivity index (χ2n) is 3.65. The number of hydrogen-bond donors (Lipinski definition) is 2. The Hall–Kier alpha value is -1.84. The molecule has 4 heteroatoms. The highest BCUT2D eigenvalue weighted by molar-refractivity contribution is 5.79. The molecule has 0 fully saturated rings. The molecule has 0 atom stereocenters. The number of carbonyl (C=O) groups is 2. The summed E-state index contributed by atoms with van der Waals surface area (Å²) in [6, 6.07) is 0. The maximum absolute atomic E-state index is 10.2. The van der Waals surface area contributed by atoms with Crippen LogP contribution in [0.2, 0.25) is 0 Å². The molecule has 0 rings (SSSR count). The van der Waals surface area contributed by atoms with E-state index in [1.807, 2.05) is 13.0 Å². The van der Waals surface area contributed by atoms with Crippen LogP contribution in [-0.2, 0) is 9.59 Å². The second-order valence-corrected chi connectivity index (χ2v) is 3.65. The molecule has 2 N–H and O–H groups in total. The lowest BCUT2D eigenvalue weighted by Crippen LogP contribution is -1.86. The lowest BCUT2D eigenvalue weighted by Gasteiger charge is -1.97. The van der Waals surface area contributed by atoms with E-state index in [-0.39, 0.29) is 0 Å². The van der Waals surface area contributed by atoms with Crippen LogP contribution in [0.1, 0.15) is 32.6 Å². The number of rotatable bonds is 8. The van der Waals surface area contributed by atoms with Crippen molar-refractivity contribution >= 4 is 11.9 Å². The summed E-state index contributed by atoms with van der Waals surface area (Å²) >= 11 is 0. The van der Waals surface area contributed by atoms with Gasteiger partial charge in [0.15, 0.2) is 0 Å². The largest absolute Gasteiger partial charge is 0.478 e. The summed E-state index contributed by atoms with van der Waals surface area (Å²) in [5, 5.41) is 16.7. The first kappa shape index (κ1) is 15.2. The van der Waals surface area contributed by atoms with Crippen molar-refractivity contribution in [1.82, 2.24) is 0 Å². The van der Waals surface area contributed by atoms with Crippen LogP contribution in [0.5, 0.6) is 0 Å². The van der Waals surface area contributed by atoms with Crippen LogP contribution in [-0.4, -0.2) is 22.2 Å². The zero-order chi connectivity index (χ0) is 13.1. The van der Waals surface area contributed by atoms with Crippen molar-refractivity contribution in [3.8, 4) is 0 Å². The third-order valence-electron chi connectivity index (χ3n) is 2.05. The Labute approximate surface area is 101 Å². The molecule has 0 saturated carbocycles. The summed E-state index contributed by atoms with van der Waals surface area (Å²) in [5.74, 6) is -1.85. The van der Waals surface area contributed by atoms with Gasteiger partial charge in [-0.2, -0.15) is 0 Å². The van der Waals surface area contributed by atoms with Gasteiger partial charge in [0, 0.05) is 12.2 Å². The highest BCUT2D eigenvalue weighted by atomic mass is 16.4. The van der Waals surface area contributed by atoms with E-state index in [1.165, 1.54) is 5.57 Å². The number of aliphatic carboxylic acids is 2. The lowest BCUT2D eigenvalue weighted by atomic mass is 10.1. The molecule has 0 amide bonds. The molecule has 0 aliphatic carbocycles. The summed E-state index contributed by atoms with van der Waals surface area (Å²) in [7, 11) is 0. The maximum Gasteiger partial charge on any atom is 0.327 e. The van der Waals surface area contributed by atoms with Crippen LogP contribution < -0.4 is 0 Å². The van der Waals surface area contributed by atoms with Crippen LogP contribution in [0, 0.1) is 0 Å². The molecule has 94 valence electrons. The third-order valence-corrected chi connectivity index (χ3v) is 2.05. The van der Waals surface area contributed by atoms with E-state index in [0.717, 1.165) is 25.0 Å². The van der Waals surface area contributed by atoms with E-state index in [4.69, 9.17) is 10.2 Å². The highest BCUT2D eigenvalue weighted by Gasteiger charge is 1.90. The molecule has 0 aromatic carbocycles. The Morgan fingerprint density at radius 2 is 1.47 bits per heavy atom.